The first kappa shape index (κ1) is 18.7. The molecule has 25 heavy (non-hydrogen) atoms. The van der Waals surface area contributed by atoms with E-state index in [0.29, 0.717) is 5.75 Å². The fourth-order valence-electron chi connectivity index (χ4n) is 3.18. The van der Waals surface area contributed by atoms with Gasteiger partial charge in [0.15, 0.2) is 12.1 Å². The van der Waals surface area contributed by atoms with Crippen molar-refractivity contribution in [2.24, 2.45) is 0 Å². The number of esters is 1. The minimum atomic E-state index is -0.715. The first-order valence-corrected chi connectivity index (χ1v) is 9.27. The van der Waals surface area contributed by atoms with E-state index in [2.05, 4.69) is 0 Å². The molecule has 3 rings (SSSR count). The third-order valence-electron chi connectivity index (χ3n) is 4.14. The molecule has 1 aromatic rings. The van der Waals surface area contributed by atoms with Crippen molar-refractivity contribution in [1.29, 1.82) is 0 Å². The number of benzene rings is 1. The highest BCUT2D eigenvalue weighted by Gasteiger charge is 2.57. The van der Waals surface area contributed by atoms with Crippen LogP contribution < -0.4 is 0 Å². The average Bonchev–Trinajstić information content (AvgIpc) is 3.03. The van der Waals surface area contributed by atoms with Gasteiger partial charge in [0.2, 0.25) is 0 Å². The standard InChI is InChI=1S/C18H24O6S/c1-11(19)21-13(10-25-12-8-6-5-7-9-12)14-15(20-4)16-17(22-14)24-18(2,3)23-16/h5-9,13-17H,10H2,1-4H3/t13?,14-,15+,16+,17-/m1/s1. The van der Waals surface area contributed by atoms with Gasteiger partial charge in [-0.05, 0) is 26.0 Å². The van der Waals surface area contributed by atoms with Crippen molar-refractivity contribution in [1.82, 2.24) is 0 Å². The normalized spacial score (nSPS) is 31.5. The lowest BCUT2D eigenvalue weighted by atomic mass is 10.1. The summed E-state index contributed by atoms with van der Waals surface area (Å²) in [5.74, 6) is -0.514. The Hall–Kier alpha value is -1.12. The Bertz CT molecular complexity index is 592. The summed E-state index contributed by atoms with van der Waals surface area (Å²) in [6.07, 6.45) is -2.15. The minimum absolute atomic E-state index is 0.343. The number of ether oxygens (including phenoxy) is 5. The van der Waals surface area contributed by atoms with E-state index in [-0.39, 0.29) is 18.2 Å². The van der Waals surface area contributed by atoms with Crippen LogP contribution in [0.15, 0.2) is 35.2 Å². The lowest BCUT2D eigenvalue weighted by molar-refractivity contribution is -0.228. The van der Waals surface area contributed by atoms with Gasteiger partial charge in [-0.15, -0.1) is 11.8 Å². The van der Waals surface area contributed by atoms with Gasteiger partial charge in [-0.2, -0.15) is 0 Å². The molecule has 2 aliphatic rings. The van der Waals surface area contributed by atoms with Crippen LogP contribution in [0.4, 0.5) is 0 Å². The van der Waals surface area contributed by atoms with Crippen molar-refractivity contribution in [3.63, 3.8) is 0 Å². The van der Waals surface area contributed by atoms with Gasteiger partial charge in [0.1, 0.15) is 24.4 Å². The summed E-state index contributed by atoms with van der Waals surface area (Å²) in [7, 11) is 1.60. The van der Waals surface area contributed by atoms with Crippen LogP contribution in [-0.2, 0) is 28.5 Å². The molecule has 138 valence electrons. The SMILES string of the molecule is CO[C@@H]1[C@@H]2OC(C)(C)O[C@H]2O[C@@H]1C(CSc1ccccc1)OC(C)=O. The van der Waals surface area contributed by atoms with E-state index in [1.165, 1.54) is 6.92 Å². The number of carbonyl (C=O) groups is 1. The number of thioether (sulfide) groups is 1. The lowest BCUT2D eigenvalue weighted by Gasteiger charge is -2.29. The molecule has 0 N–H and O–H groups in total. The topological polar surface area (TPSA) is 63.2 Å². The van der Waals surface area contributed by atoms with E-state index in [0.717, 1.165) is 4.90 Å². The molecule has 0 spiro atoms. The van der Waals surface area contributed by atoms with E-state index in [4.69, 9.17) is 23.7 Å². The molecule has 6 nitrogen and oxygen atoms in total. The average molecular weight is 368 g/mol. The third-order valence-corrected chi connectivity index (χ3v) is 5.24. The van der Waals surface area contributed by atoms with Gasteiger partial charge in [-0.3, -0.25) is 4.79 Å². The second-order valence-corrected chi connectivity index (χ2v) is 7.63. The lowest BCUT2D eigenvalue weighted by Crippen LogP contribution is -2.44. The molecule has 2 heterocycles. The van der Waals surface area contributed by atoms with Crippen molar-refractivity contribution in [3.05, 3.63) is 30.3 Å². The van der Waals surface area contributed by atoms with Gasteiger partial charge in [-0.25, -0.2) is 0 Å². The van der Waals surface area contributed by atoms with Crippen LogP contribution in [0.5, 0.6) is 0 Å². The molecule has 0 bridgehead atoms. The van der Waals surface area contributed by atoms with Gasteiger partial charge in [0.25, 0.3) is 0 Å². The van der Waals surface area contributed by atoms with Gasteiger partial charge >= 0.3 is 5.97 Å². The maximum Gasteiger partial charge on any atom is 0.303 e. The highest BCUT2D eigenvalue weighted by atomic mass is 32.2. The van der Waals surface area contributed by atoms with Crippen molar-refractivity contribution in [3.8, 4) is 0 Å². The monoisotopic (exact) mass is 368 g/mol. The van der Waals surface area contributed by atoms with Crippen molar-refractivity contribution >= 4 is 17.7 Å². The maximum atomic E-state index is 11.6. The summed E-state index contributed by atoms with van der Waals surface area (Å²) in [5, 5.41) is 0. The molecule has 0 aromatic heterocycles. The number of carbonyl (C=O) groups excluding carboxylic acids is 1. The molecule has 0 amide bonds. The molecule has 0 aliphatic carbocycles. The molecule has 2 aliphatic heterocycles. The number of hydrogen-bond donors (Lipinski definition) is 0. The summed E-state index contributed by atoms with van der Waals surface area (Å²) >= 11 is 1.60. The molecular weight excluding hydrogens is 344 g/mol. The van der Waals surface area contributed by atoms with E-state index >= 15 is 0 Å². The summed E-state index contributed by atoms with van der Waals surface area (Å²) in [4.78, 5) is 12.7. The molecule has 0 radical (unpaired) electrons. The van der Waals surface area contributed by atoms with E-state index < -0.39 is 24.3 Å². The van der Waals surface area contributed by atoms with Crippen LogP contribution >= 0.6 is 11.8 Å². The van der Waals surface area contributed by atoms with Crippen LogP contribution in [0.2, 0.25) is 0 Å². The van der Waals surface area contributed by atoms with Crippen LogP contribution in [0.25, 0.3) is 0 Å². The predicted octanol–water partition coefficient (Wildman–Crippen LogP) is 2.60. The Morgan fingerprint density at radius 2 is 2.00 bits per heavy atom. The molecule has 0 saturated carbocycles. The highest BCUT2D eigenvalue weighted by Crippen LogP contribution is 2.40. The summed E-state index contributed by atoms with van der Waals surface area (Å²) in [6.45, 7) is 5.07. The minimum Gasteiger partial charge on any atom is -0.459 e. The van der Waals surface area contributed by atoms with Crippen LogP contribution in [0.3, 0.4) is 0 Å². The number of fused-ring (bicyclic) bond motifs is 1. The van der Waals surface area contributed by atoms with E-state index in [9.17, 15) is 4.79 Å². The number of hydrogen-bond acceptors (Lipinski definition) is 7. The van der Waals surface area contributed by atoms with Gasteiger partial charge in [0, 0.05) is 24.7 Å². The molecule has 7 heteroatoms. The van der Waals surface area contributed by atoms with Gasteiger partial charge in [0.05, 0.1) is 0 Å². The Morgan fingerprint density at radius 1 is 1.28 bits per heavy atom. The van der Waals surface area contributed by atoms with E-state index in [1.807, 2.05) is 44.2 Å². The molecule has 2 fully saturated rings. The Kier molecular flexibility index (Phi) is 5.70. The largest absolute Gasteiger partial charge is 0.459 e. The molecule has 1 unspecified atom stereocenters. The van der Waals surface area contributed by atoms with Crippen molar-refractivity contribution in [2.75, 3.05) is 12.9 Å². The van der Waals surface area contributed by atoms with Crippen LogP contribution in [0.1, 0.15) is 20.8 Å². The second-order valence-electron chi connectivity index (χ2n) is 6.54. The quantitative estimate of drug-likeness (QED) is 0.565. The molecule has 5 atom stereocenters. The summed E-state index contributed by atoms with van der Waals surface area (Å²) in [6, 6.07) is 9.94. The Balaban J connectivity index is 1.71. The van der Waals surface area contributed by atoms with Gasteiger partial charge < -0.3 is 23.7 Å². The Morgan fingerprint density at radius 3 is 2.64 bits per heavy atom. The second kappa shape index (κ2) is 7.63. The third kappa shape index (κ3) is 4.35. The Labute approximate surface area is 152 Å². The fourth-order valence-corrected chi connectivity index (χ4v) is 4.14. The zero-order valence-electron chi connectivity index (χ0n) is 14.8. The fraction of sp³-hybridized carbons (Fsp3) is 0.611. The van der Waals surface area contributed by atoms with Crippen LogP contribution in [0, 0.1) is 0 Å². The predicted molar refractivity (Wildman–Crippen MR) is 92.2 cm³/mol. The summed E-state index contributed by atoms with van der Waals surface area (Å²) < 4.78 is 28.8. The van der Waals surface area contributed by atoms with Crippen molar-refractivity contribution in [2.45, 2.75) is 62.2 Å². The molecule has 1 aromatic carbocycles. The molecule has 2 saturated heterocycles. The summed E-state index contributed by atoms with van der Waals surface area (Å²) in [5.41, 5.74) is 0. The van der Waals surface area contributed by atoms with Crippen LogP contribution in [-0.4, -0.2) is 55.3 Å². The maximum absolute atomic E-state index is 11.6. The zero-order valence-corrected chi connectivity index (χ0v) is 15.7. The number of rotatable bonds is 6. The van der Waals surface area contributed by atoms with Gasteiger partial charge in [-0.1, -0.05) is 18.2 Å². The smallest absolute Gasteiger partial charge is 0.303 e. The molecular formula is C18H24O6S. The zero-order chi connectivity index (χ0) is 18.0. The first-order valence-electron chi connectivity index (χ1n) is 8.28. The number of methoxy groups -OCH3 is 1. The first-order chi connectivity index (χ1) is 11.9. The van der Waals surface area contributed by atoms with Crippen molar-refractivity contribution < 1.29 is 28.5 Å². The highest BCUT2D eigenvalue weighted by molar-refractivity contribution is 7.99. The van der Waals surface area contributed by atoms with E-state index in [1.54, 1.807) is 18.9 Å².